The summed E-state index contributed by atoms with van der Waals surface area (Å²) in [6.07, 6.45) is 5.71. The number of aryl methyl sites for hydroxylation is 1. The van der Waals surface area contributed by atoms with E-state index in [0.29, 0.717) is 11.5 Å². The molecule has 0 aliphatic carbocycles. The summed E-state index contributed by atoms with van der Waals surface area (Å²) in [6, 6.07) is 8.43. The second-order valence-corrected chi connectivity index (χ2v) is 6.37. The van der Waals surface area contributed by atoms with Crippen LogP contribution in [0.5, 0.6) is 0 Å². The van der Waals surface area contributed by atoms with E-state index in [1.807, 2.05) is 10.6 Å². The van der Waals surface area contributed by atoms with Gasteiger partial charge in [-0.15, -0.1) is 0 Å². The van der Waals surface area contributed by atoms with Gasteiger partial charge in [-0.3, -0.25) is 9.55 Å². The molecule has 130 valence electrons. The van der Waals surface area contributed by atoms with E-state index in [-0.39, 0.29) is 5.82 Å². The Bertz CT molecular complexity index is 1100. The molecule has 4 heterocycles. The number of nitrogens with zero attached hydrogens (tertiary/aromatic N) is 5. The maximum Gasteiger partial charge on any atom is 0.199 e. The average molecular weight is 347 g/mol. The summed E-state index contributed by atoms with van der Waals surface area (Å²) in [5.74, 6) is 0.805. The van der Waals surface area contributed by atoms with E-state index in [9.17, 15) is 0 Å². The van der Waals surface area contributed by atoms with Gasteiger partial charge in [0.05, 0.1) is 11.7 Å². The van der Waals surface area contributed by atoms with Crippen LogP contribution in [0.25, 0.3) is 28.2 Å². The molecule has 5 rings (SSSR count). The predicted octanol–water partition coefficient (Wildman–Crippen LogP) is 2.09. The second kappa shape index (κ2) is 5.92. The molecule has 1 aromatic carbocycles. The minimum atomic E-state index is 0.214. The Kier molecular flexibility index (Phi) is 3.42. The highest BCUT2D eigenvalue weighted by Gasteiger charge is 2.21. The number of nitrogens with one attached hydrogen (secondary N) is 1. The molecule has 26 heavy (non-hydrogen) atoms. The van der Waals surface area contributed by atoms with Crippen molar-refractivity contribution < 1.29 is 4.63 Å². The van der Waals surface area contributed by atoms with Gasteiger partial charge in [0, 0.05) is 18.4 Å². The number of nitrogen functional groups attached to an aromatic ring is 1. The average Bonchev–Trinajstić information content (AvgIpc) is 3.17. The highest BCUT2D eigenvalue weighted by molar-refractivity contribution is 5.83. The van der Waals surface area contributed by atoms with E-state index >= 15 is 0 Å². The third-order valence-corrected chi connectivity index (χ3v) is 4.75. The van der Waals surface area contributed by atoms with E-state index in [1.54, 1.807) is 12.4 Å². The molecule has 0 atom stereocenters. The maximum absolute atomic E-state index is 5.93. The smallest absolute Gasteiger partial charge is 0.199 e. The van der Waals surface area contributed by atoms with Crippen LogP contribution in [0.2, 0.25) is 0 Å². The van der Waals surface area contributed by atoms with Crippen LogP contribution >= 0.6 is 0 Å². The van der Waals surface area contributed by atoms with E-state index in [0.717, 1.165) is 42.7 Å². The van der Waals surface area contributed by atoms with Gasteiger partial charge < -0.3 is 11.1 Å². The molecule has 0 unspecified atom stereocenters. The fourth-order valence-electron chi connectivity index (χ4n) is 3.49. The lowest BCUT2D eigenvalue weighted by atomic mass is 10.0. The van der Waals surface area contributed by atoms with Crippen molar-refractivity contribution in [3.05, 3.63) is 47.8 Å². The molecular formula is C18H17N7O. The summed E-state index contributed by atoms with van der Waals surface area (Å²) in [5.41, 5.74) is 11.7. The summed E-state index contributed by atoms with van der Waals surface area (Å²) in [5, 5.41) is 11.1. The molecule has 0 bridgehead atoms. The highest BCUT2D eigenvalue weighted by atomic mass is 16.6. The Morgan fingerprint density at radius 3 is 3.00 bits per heavy atom. The number of anilines is 1. The molecule has 8 heteroatoms. The van der Waals surface area contributed by atoms with Gasteiger partial charge in [-0.25, -0.2) is 9.61 Å². The third-order valence-electron chi connectivity index (χ3n) is 4.75. The number of aromatic nitrogens is 5. The van der Waals surface area contributed by atoms with Crippen molar-refractivity contribution in [2.24, 2.45) is 0 Å². The van der Waals surface area contributed by atoms with Gasteiger partial charge in [-0.2, -0.15) is 0 Å². The third kappa shape index (κ3) is 2.34. The number of imidazole rings is 1. The van der Waals surface area contributed by atoms with Gasteiger partial charge in [0.25, 0.3) is 0 Å². The van der Waals surface area contributed by atoms with E-state index in [1.165, 1.54) is 11.1 Å². The van der Waals surface area contributed by atoms with Gasteiger partial charge in [0.15, 0.2) is 17.3 Å². The van der Waals surface area contributed by atoms with E-state index < -0.39 is 0 Å². The van der Waals surface area contributed by atoms with E-state index in [4.69, 9.17) is 10.4 Å². The number of hydrogen-bond donors (Lipinski definition) is 2. The lowest BCUT2D eigenvalue weighted by Gasteiger charge is -2.12. The molecular weight excluding hydrogens is 330 g/mol. The Labute approximate surface area is 149 Å². The van der Waals surface area contributed by atoms with Crippen LogP contribution in [-0.2, 0) is 13.0 Å². The summed E-state index contributed by atoms with van der Waals surface area (Å²) >= 11 is 0. The first-order chi connectivity index (χ1) is 12.8. The first-order valence-corrected chi connectivity index (χ1v) is 8.55. The van der Waals surface area contributed by atoms with Crippen LogP contribution in [0, 0.1) is 0 Å². The predicted molar refractivity (Wildman–Crippen MR) is 96.6 cm³/mol. The summed E-state index contributed by atoms with van der Waals surface area (Å²) in [7, 11) is 0. The molecule has 0 saturated heterocycles. The molecule has 0 amide bonds. The highest BCUT2D eigenvalue weighted by Crippen LogP contribution is 2.30. The number of pyridine rings is 1. The van der Waals surface area contributed by atoms with Crippen molar-refractivity contribution >= 4 is 16.9 Å². The Balaban J connectivity index is 1.76. The van der Waals surface area contributed by atoms with Crippen molar-refractivity contribution in [1.29, 1.82) is 0 Å². The maximum atomic E-state index is 5.93. The number of benzene rings is 1. The van der Waals surface area contributed by atoms with Crippen LogP contribution in [-0.4, -0.2) is 31.4 Å². The molecule has 8 nitrogen and oxygen atoms in total. The second-order valence-electron chi connectivity index (χ2n) is 6.37. The van der Waals surface area contributed by atoms with Crippen LogP contribution < -0.4 is 11.1 Å². The summed E-state index contributed by atoms with van der Waals surface area (Å²) in [6.45, 7) is 1.90. The molecule has 0 fully saturated rings. The van der Waals surface area contributed by atoms with Crippen LogP contribution in [0.1, 0.15) is 17.5 Å². The normalized spacial score (nSPS) is 14.3. The monoisotopic (exact) mass is 347 g/mol. The molecule has 1 aliphatic heterocycles. The van der Waals surface area contributed by atoms with Crippen molar-refractivity contribution in [2.45, 2.75) is 19.4 Å². The van der Waals surface area contributed by atoms with Crippen LogP contribution in [0.4, 0.5) is 5.82 Å². The standard InChI is InChI=1S/C18H17N7O/c19-17-16(23-26-24-17)18-22-14-10-21-7-5-15(14)25(18)13-4-3-11-2-1-6-20-9-12(11)8-13/h3-5,7-8,10,20H,1-2,6,9H2,(H2,19,24). The topological polar surface area (TPSA) is 108 Å². The summed E-state index contributed by atoms with van der Waals surface area (Å²) < 4.78 is 6.82. The molecule has 0 spiro atoms. The fourth-order valence-corrected chi connectivity index (χ4v) is 3.49. The minimum absolute atomic E-state index is 0.214. The van der Waals surface area contributed by atoms with Crippen LogP contribution in [0.3, 0.4) is 0 Å². The van der Waals surface area contributed by atoms with Crippen molar-refractivity contribution in [3.8, 4) is 17.2 Å². The Morgan fingerprint density at radius 1 is 1.15 bits per heavy atom. The molecule has 3 aromatic heterocycles. The number of fused-ring (bicyclic) bond motifs is 2. The van der Waals surface area contributed by atoms with Crippen molar-refractivity contribution in [3.63, 3.8) is 0 Å². The van der Waals surface area contributed by atoms with E-state index in [2.05, 4.69) is 43.8 Å². The Morgan fingerprint density at radius 2 is 2.12 bits per heavy atom. The van der Waals surface area contributed by atoms with Gasteiger partial charge in [0.1, 0.15) is 5.52 Å². The largest absolute Gasteiger partial charge is 0.379 e. The molecule has 1 aliphatic rings. The Hall–Kier alpha value is -3.26. The van der Waals surface area contributed by atoms with Crippen molar-refractivity contribution in [1.82, 2.24) is 30.2 Å². The number of hydrogen-bond acceptors (Lipinski definition) is 7. The quantitative estimate of drug-likeness (QED) is 0.571. The van der Waals surface area contributed by atoms with Crippen LogP contribution in [0.15, 0.2) is 41.3 Å². The van der Waals surface area contributed by atoms with Gasteiger partial charge in [0.2, 0.25) is 0 Å². The zero-order valence-corrected chi connectivity index (χ0v) is 14.0. The lowest BCUT2D eigenvalue weighted by molar-refractivity contribution is 0.310. The van der Waals surface area contributed by atoms with Crippen molar-refractivity contribution in [2.75, 3.05) is 12.3 Å². The minimum Gasteiger partial charge on any atom is -0.379 e. The van der Waals surface area contributed by atoms with Gasteiger partial charge in [-0.05, 0) is 59.0 Å². The first-order valence-electron chi connectivity index (χ1n) is 8.55. The molecule has 0 saturated carbocycles. The molecule has 0 radical (unpaired) electrons. The first kappa shape index (κ1) is 15.0. The lowest BCUT2D eigenvalue weighted by Crippen LogP contribution is -2.12. The number of rotatable bonds is 2. The van der Waals surface area contributed by atoms with Gasteiger partial charge >= 0.3 is 0 Å². The summed E-state index contributed by atoms with van der Waals surface area (Å²) in [4.78, 5) is 8.84. The molecule has 4 aromatic rings. The zero-order chi connectivity index (χ0) is 17.5. The number of nitrogens with two attached hydrogens (primary N) is 1. The fraction of sp³-hybridized carbons (Fsp3) is 0.222. The molecule has 3 N–H and O–H groups in total. The zero-order valence-electron chi connectivity index (χ0n) is 14.0. The SMILES string of the molecule is Nc1nonc1-c1nc2cnccc2n1-c1ccc2c(c1)CNCCC2. The van der Waals surface area contributed by atoms with Gasteiger partial charge in [-0.1, -0.05) is 6.07 Å².